The molecule has 0 spiro atoms. The summed E-state index contributed by atoms with van der Waals surface area (Å²) in [4.78, 5) is 14.2. The van der Waals surface area contributed by atoms with Crippen LogP contribution < -0.4 is 5.32 Å². The van der Waals surface area contributed by atoms with E-state index in [1.807, 2.05) is 121 Å². The number of benzene rings is 6. The molecule has 7 fully saturated rings. The minimum absolute atomic E-state index is 0.0163. The molecule has 556 valence electrons. The molecular weight excluding hydrogens is 1370 g/mol. The lowest BCUT2D eigenvalue weighted by molar-refractivity contribution is -0.409. The number of amides is 1. The van der Waals surface area contributed by atoms with Gasteiger partial charge in [-0.25, -0.2) is 0 Å². The lowest BCUT2D eigenvalue weighted by atomic mass is 9.93. The Morgan fingerprint density at radius 2 is 0.922 bits per heavy atom. The summed E-state index contributed by atoms with van der Waals surface area (Å²) in [5, 5.41) is 59.7. The highest BCUT2D eigenvalue weighted by Crippen LogP contribution is 2.43. The van der Waals surface area contributed by atoms with Crippen molar-refractivity contribution in [3.63, 3.8) is 0 Å². The molecule has 7 saturated heterocycles. The van der Waals surface area contributed by atoms with E-state index in [1.54, 1.807) is 60.7 Å². The predicted octanol–water partition coefficient (Wildman–Crippen LogP) is 3.83. The summed E-state index contributed by atoms with van der Waals surface area (Å²) in [7, 11) is -4.06. The van der Waals surface area contributed by atoms with Crippen LogP contribution >= 0.6 is 0 Å². The zero-order valence-electron chi connectivity index (χ0n) is 56.4. The summed E-state index contributed by atoms with van der Waals surface area (Å²) in [6.45, 7) is -0.531. The maximum Gasteiger partial charge on any atom is 0.273 e. The molecule has 0 aliphatic carbocycles. The maximum atomic E-state index is 14.2. The molecule has 0 saturated carbocycles. The highest BCUT2D eigenvalue weighted by Gasteiger charge is 2.61. The van der Waals surface area contributed by atoms with E-state index in [9.17, 15) is 43.3 Å². The Morgan fingerprint density at radius 1 is 0.456 bits per heavy atom. The van der Waals surface area contributed by atoms with Gasteiger partial charge in [-0.1, -0.05) is 182 Å². The van der Waals surface area contributed by atoms with Gasteiger partial charge in [0.2, 0.25) is 5.91 Å². The zero-order valence-corrected chi connectivity index (χ0v) is 57.2. The first kappa shape index (κ1) is 75.0. The Labute approximate surface area is 595 Å². The quantitative estimate of drug-likeness (QED) is 0.0360. The third-order valence-electron chi connectivity index (χ3n) is 19.0. The number of rotatable bonds is 27. The second kappa shape index (κ2) is 35.0. The average Bonchev–Trinajstić information content (AvgIpc) is 0.753. The number of nitrogens with one attached hydrogen (secondary N) is 1. The summed E-state index contributed by atoms with van der Waals surface area (Å²) < 4.78 is 158. The first-order chi connectivity index (χ1) is 50.1. The Morgan fingerprint density at radius 3 is 1.46 bits per heavy atom. The van der Waals surface area contributed by atoms with Crippen LogP contribution in [0.5, 0.6) is 0 Å². The van der Waals surface area contributed by atoms with Crippen LogP contribution in [0.2, 0.25) is 0 Å². The van der Waals surface area contributed by atoms with Crippen LogP contribution in [0.15, 0.2) is 182 Å². The number of methoxy groups -OCH3 is 1. The van der Waals surface area contributed by atoms with Crippen molar-refractivity contribution in [1.29, 1.82) is 0 Å². The number of carbonyl (C=O) groups is 1. The molecule has 7 aliphatic heterocycles. The highest BCUT2D eigenvalue weighted by atomic mass is 32.2. The van der Waals surface area contributed by atoms with Crippen molar-refractivity contribution >= 4 is 16.0 Å². The molecule has 6 aromatic rings. The minimum atomic E-state index is -5.30. The first-order valence-corrected chi connectivity index (χ1v) is 35.8. The number of fused-ring (bicyclic) bond motifs is 2. The highest BCUT2D eigenvalue weighted by molar-refractivity contribution is 7.86. The molecule has 0 radical (unpaired) electrons. The first-order valence-electron chi connectivity index (χ1n) is 34.3. The third kappa shape index (κ3) is 18.1. The van der Waals surface area contributed by atoms with Crippen molar-refractivity contribution in [2.45, 2.75) is 192 Å². The van der Waals surface area contributed by atoms with Gasteiger partial charge in [0.05, 0.1) is 59.5 Å². The predicted molar refractivity (Wildman–Crippen MR) is 356 cm³/mol. The van der Waals surface area contributed by atoms with Crippen LogP contribution in [0.4, 0.5) is 0 Å². The molecule has 2 unspecified atom stereocenters. The molecule has 7 N–H and O–H groups in total. The van der Waals surface area contributed by atoms with Crippen LogP contribution in [0.1, 0.15) is 52.9 Å². The molecule has 7 aliphatic rings. The van der Waals surface area contributed by atoms with Crippen LogP contribution in [0.25, 0.3) is 0 Å². The van der Waals surface area contributed by atoms with E-state index in [-0.39, 0.29) is 46.2 Å². The second-order valence-corrected chi connectivity index (χ2v) is 27.6. The monoisotopic (exact) mass is 1450 g/mol. The largest absolute Gasteiger partial charge is 0.394 e. The number of aliphatic hydroxyl groups is 5. The topological polar surface area (TPSA) is 351 Å². The molecule has 7 heterocycles. The Kier molecular flexibility index (Phi) is 25.5. The van der Waals surface area contributed by atoms with E-state index in [0.717, 1.165) is 22.3 Å². The van der Waals surface area contributed by atoms with Crippen molar-refractivity contribution in [2.24, 2.45) is 0 Å². The SMILES string of the molecule is CO[C@@H]1O[C@H](CO)[C@@H](O[C@@H]2O[C@@H]3COC(c4ccccc4)O[C@@H]3[C@H](O[C@@H]3O[C@H](COCc4ccccc4)[C@@H](O[C@@H]4OC[C@@H](OCc5ccccc5)[C@@H](OCc5ccccc5)[C@@H]4OCc4ccccc4)[C@H](O[C@@H]4O[C@@H]5COC(c6ccccc6)O[C@@H]5[C@H](S(=O)(=O)O)[C@H]4O)[C@H]3NC(C)=O)[C@H]2O)[C@H](O)[C@H]1O. The Bertz CT molecular complexity index is 3680. The molecule has 13 rings (SSSR count). The van der Waals surface area contributed by atoms with Gasteiger partial charge < -0.3 is 116 Å². The molecular formula is C74H87NO27S. The van der Waals surface area contributed by atoms with Crippen LogP contribution in [-0.4, -0.2) is 231 Å². The van der Waals surface area contributed by atoms with Crippen molar-refractivity contribution in [1.82, 2.24) is 5.32 Å². The van der Waals surface area contributed by atoms with Gasteiger partial charge in [-0.2, -0.15) is 8.42 Å². The lowest BCUT2D eigenvalue weighted by Gasteiger charge is -2.53. The van der Waals surface area contributed by atoms with Gasteiger partial charge in [0, 0.05) is 25.2 Å². The van der Waals surface area contributed by atoms with Gasteiger partial charge in [-0.15, -0.1) is 0 Å². The van der Waals surface area contributed by atoms with E-state index < -0.39 is 188 Å². The minimum Gasteiger partial charge on any atom is -0.394 e. The van der Waals surface area contributed by atoms with Gasteiger partial charge in [0.1, 0.15) is 115 Å². The molecule has 0 aromatic heterocycles. The van der Waals surface area contributed by atoms with Crippen LogP contribution in [-0.2, 0) is 127 Å². The fourth-order valence-electron chi connectivity index (χ4n) is 13.9. The standard InChI is InChI=1S/C74H87NO27S/c1-42(77)75-54-64(101-73-58(81)67(103(82,83)84)63-53(96-73)41-91-69(100-63)48-31-19-8-20-32-48)61(99-74-66(89-37-46-27-15-6-16-28-46)60(88-36-45-25-13-5-14-26-45)50(39-92-74)87-35-44-23-11-4-12-24-44)51(38-86-34-43-21-9-3-10-22-43)94-70(54)102-65-57(80)72(97-59-49(33-76)93-71(85-2)56(79)55(59)78)95-52-40-90-68(98-62(52)65)47-29-17-7-18-30-47/h3-32,49-74,76,78-81H,33-41H2,1-2H3,(H,75,77)(H,82,83,84)/t49-,50-,51-,52-,53-,54-,55-,56-,57-,58-,59-,60-,61-,62+,63+,64-,65-,66+,67-,68?,69?,70+,71-,72+,73+,74+/m1/s1. The van der Waals surface area contributed by atoms with Crippen molar-refractivity contribution in [3.8, 4) is 0 Å². The molecule has 6 aromatic carbocycles. The zero-order chi connectivity index (χ0) is 71.6. The second-order valence-electron chi connectivity index (χ2n) is 26.1. The number of aliphatic hydroxyl groups excluding tert-OH is 5. The van der Waals surface area contributed by atoms with E-state index in [4.69, 9.17) is 85.3 Å². The number of ether oxygens (including phenoxy) is 18. The van der Waals surface area contributed by atoms with Gasteiger partial charge in [0.15, 0.2) is 44.0 Å². The molecule has 103 heavy (non-hydrogen) atoms. The number of carbonyl (C=O) groups excluding carboxylic acids is 1. The smallest absolute Gasteiger partial charge is 0.273 e. The normalized spacial score (nSPS) is 36.2. The van der Waals surface area contributed by atoms with E-state index in [1.165, 1.54) is 14.0 Å². The Balaban J connectivity index is 0.913. The number of hydrogen-bond acceptors (Lipinski definition) is 26. The van der Waals surface area contributed by atoms with Crippen molar-refractivity contribution in [2.75, 3.05) is 40.1 Å². The van der Waals surface area contributed by atoms with Crippen LogP contribution in [0, 0.1) is 0 Å². The van der Waals surface area contributed by atoms with E-state index in [2.05, 4.69) is 5.32 Å². The maximum absolute atomic E-state index is 14.2. The molecule has 26 atom stereocenters. The van der Waals surface area contributed by atoms with Crippen LogP contribution in [0.3, 0.4) is 0 Å². The fraction of sp³-hybridized carbons (Fsp3) is 0.500. The van der Waals surface area contributed by atoms with Gasteiger partial charge in [0.25, 0.3) is 10.1 Å². The van der Waals surface area contributed by atoms with Crippen molar-refractivity contribution < 1.29 is 129 Å². The van der Waals surface area contributed by atoms with Crippen molar-refractivity contribution in [3.05, 3.63) is 215 Å². The summed E-state index contributed by atoms with van der Waals surface area (Å²) >= 11 is 0. The fourth-order valence-corrected chi connectivity index (χ4v) is 14.9. The summed E-state index contributed by atoms with van der Waals surface area (Å²) in [5.41, 5.74) is 4.25. The van der Waals surface area contributed by atoms with Gasteiger partial charge in [-0.3, -0.25) is 9.35 Å². The lowest BCUT2D eigenvalue weighted by Crippen LogP contribution is -2.72. The molecule has 28 nitrogen and oxygen atoms in total. The number of hydrogen-bond donors (Lipinski definition) is 7. The average molecular weight is 1450 g/mol. The van der Waals surface area contributed by atoms with Gasteiger partial charge in [-0.05, 0) is 22.3 Å². The van der Waals surface area contributed by atoms with E-state index in [0.29, 0.717) is 11.1 Å². The summed E-state index contributed by atoms with van der Waals surface area (Å²) in [6, 6.07) is 53.3. The Hall–Kier alpha value is -6.22. The molecule has 0 bridgehead atoms. The molecule has 29 heteroatoms. The summed E-state index contributed by atoms with van der Waals surface area (Å²) in [6.07, 6.45) is -36.5. The van der Waals surface area contributed by atoms with E-state index >= 15 is 0 Å². The molecule has 1 amide bonds. The summed E-state index contributed by atoms with van der Waals surface area (Å²) in [5.74, 6) is -0.728. The van der Waals surface area contributed by atoms with Gasteiger partial charge >= 0.3 is 0 Å². The third-order valence-corrected chi connectivity index (χ3v) is 20.2.